The number of hydrogen-bond acceptors (Lipinski definition) is 3. The lowest BCUT2D eigenvalue weighted by molar-refractivity contribution is -0.138. The quantitative estimate of drug-likeness (QED) is 0.868. The van der Waals surface area contributed by atoms with Crippen LogP contribution in [0.15, 0.2) is 18.2 Å². The standard InChI is InChI=1S/C10H7F4N3O2/c11-9(12)10(13,14)4-17-7-2-1-5(8(18)19)3-6(7)15-16-17/h1-3,9H,4H2,(H,18,19). The molecule has 0 bridgehead atoms. The number of hydrogen-bond donors (Lipinski definition) is 1. The minimum absolute atomic E-state index is 0.0463. The van der Waals surface area contributed by atoms with E-state index in [4.69, 9.17) is 5.11 Å². The summed E-state index contributed by atoms with van der Waals surface area (Å²) in [6.07, 6.45) is -3.81. The van der Waals surface area contributed by atoms with Crippen molar-refractivity contribution in [3.05, 3.63) is 23.8 Å². The molecule has 19 heavy (non-hydrogen) atoms. The molecule has 1 heterocycles. The topological polar surface area (TPSA) is 68.0 Å². The first-order valence-corrected chi connectivity index (χ1v) is 5.04. The Morgan fingerprint density at radius 2 is 2.11 bits per heavy atom. The molecule has 1 N–H and O–H groups in total. The minimum atomic E-state index is -4.23. The van der Waals surface area contributed by atoms with Gasteiger partial charge in [0.05, 0.1) is 11.1 Å². The number of alkyl halides is 4. The van der Waals surface area contributed by atoms with Crippen LogP contribution in [0.1, 0.15) is 10.4 Å². The largest absolute Gasteiger partial charge is 0.478 e. The van der Waals surface area contributed by atoms with Crippen molar-refractivity contribution in [2.24, 2.45) is 0 Å². The summed E-state index contributed by atoms with van der Waals surface area (Å²) < 4.78 is 50.6. The predicted molar refractivity (Wildman–Crippen MR) is 55.4 cm³/mol. The van der Waals surface area contributed by atoms with Gasteiger partial charge in [-0.3, -0.25) is 0 Å². The lowest BCUT2D eigenvalue weighted by Crippen LogP contribution is -2.32. The lowest BCUT2D eigenvalue weighted by Gasteiger charge is -2.14. The number of fused-ring (bicyclic) bond motifs is 1. The zero-order valence-corrected chi connectivity index (χ0v) is 9.23. The fourth-order valence-corrected chi connectivity index (χ4v) is 1.49. The first-order valence-electron chi connectivity index (χ1n) is 5.04. The number of aromatic nitrogens is 3. The van der Waals surface area contributed by atoms with Crippen LogP contribution in [-0.2, 0) is 6.54 Å². The van der Waals surface area contributed by atoms with E-state index in [0.717, 1.165) is 12.1 Å². The minimum Gasteiger partial charge on any atom is -0.478 e. The van der Waals surface area contributed by atoms with Crippen LogP contribution in [0.5, 0.6) is 0 Å². The van der Waals surface area contributed by atoms with Crippen molar-refractivity contribution in [1.82, 2.24) is 15.0 Å². The molecule has 1 aromatic carbocycles. The van der Waals surface area contributed by atoms with E-state index in [2.05, 4.69) is 10.3 Å². The molecule has 0 unspecified atom stereocenters. The Morgan fingerprint density at radius 3 is 2.68 bits per heavy atom. The van der Waals surface area contributed by atoms with E-state index >= 15 is 0 Å². The molecule has 0 aliphatic rings. The van der Waals surface area contributed by atoms with Gasteiger partial charge in [-0.25, -0.2) is 18.3 Å². The van der Waals surface area contributed by atoms with Crippen molar-refractivity contribution in [3.63, 3.8) is 0 Å². The number of aromatic carboxylic acids is 1. The van der Waals surface area contributed by atoms with Gasteiger partial charge in [0.25, 0.3) is 0 Å². The van der Waals surface area contributed by atoms with E-state index < -0.39 is 24.9 Å². The summed E-state index contributed by atoms with van der Waals surface area (Å²) >= 11 is 0. The van der Waals surface area contributed by atoms with Crippen molar-refractivity contribution in [1.29, 1.82) is 0 Å². The highest BCUT2D eigenvalue weighted by Crippen LogP contribution is 2.26. The van der Waals surface area contributed by atoms with Gasteiger partial charge >= 0.3 is 18.3 Å². The van der Waals surface area contributed by atoms with E-state index in [-0.39, 0.29) is 16.6 Å². The van der Waals surface area contributed by atoms with Crippen LogP contribution in [0.3, 0.4) is 0 Å². The summed E-state index contributed by atoms with van der Waals surface area (Å²) in [4.78, 5) is 10.7. The summed E-state index contributed by atoms with van der Waals surface area (Å²) in [5.41, 5.74) is 0.00969. The van der Waals surface area contributed by atoms with E-state index in [9.17, 15) is 22.4 Å². The number of carbonyl (C=O) groups is 1. The highest BCUT2D eigenvalue weighted by atomic mass is 19.3. The van der Waals surface area contributed by atoms with Gasteiger partial charge in [0.2, 0.25) is 0 Å². The Hall–Kier alpha value is -2.19. The third kappa shape index (κ3) is 2.49. The zero-order valence-electron chi connectivity index (χ0n) is 9.23. The van der Waals surface area contributed by atoms with Crippen molar-refractivity contribution in [2.45, 2.75) is 18.9 Å². The molecule has 0 atom stereocenters. The van der Waals surface area contributed by atoms with Gasteiger partial charge in [0, 0.05) is 0 Å². The molecule has 0 spiro atoms. The third-order valence-corrected chi connectivity index (χ3v) is 2.44. The zero-order chi connectivity index (χ0) is 14.2. The second-order valence-electron chi connectivity index (χ2n) is 3.82. The van der Waals surface area contributed by atoms with Crippen LogP contribution in [0.2, 0.25) is 0 Å². The third-order valence-electron chi connectivity index (χ3n) is 2.44. The number of nitrogens with zero attached hydrogens (tertiary/aromatic N) is 3. The Balaban J connectivity index is 2.39. The van der Waals surface area contributed by atoms with Gasteiger partial charge in [-0.15, -0.1) is 5.10 Å². The van der Waals surface area contributed by atoms with Crippen LogP contribution < -0.4 is 0 Å². The molecule has 0 aliphatic carbocycles. The highest BCUT2D eigenvalue weighted by Gasteiger charge is 2.41. The lowest BCUT2D eigenvalue weighted by atomic mass is 10.2. The Bertz CT molecular complexity index is 626. The van der Waals surface area contributed by atoms with Crippen molar-refractivity contribution >= 4 is 17.0 Å². The number of rotatable bonds is 4. The molecule has 2 rings (SSSR count). The summed E-state index contributed by atoms with van der Waals surface area (Å²) in [5, 5.41) is 15.5. The molecule has 2 aromatic rings. The highest BCUT2D eigenvalue weighted by molar-refractivity contribution is 5.92. The molecule has 9 heteroatoms. The van der Waals surface area contributed by atoms with E-state index in [1.165, 1.54) is 6.07 Å². The second-order valence-corrected chi connectivity index (χ2v) is 3.82. The average molecular weight is 277 g/mol. The van der Waals surface area contributed by atoms with Gasteiger partial charge in [-0.1, -0.05) is 5.21 Å². The smallest absolute Gasteiger partial charge is 0.335 e. The number of carboxylic acids is 1. The van der Waals surface area contributed by atoms with Crippen LogP contribution in [0.4, 0.5) is 17.6 Å². The number of carboxylic acid groups (broad SMARTS) is 1. The SMILES string of the molecule is O=C(O)c1ccc2c(c1)nnn2CC(F)(F)C(F)F. The van der Waals surface area contributed by atoms with Crippen LogP contribution in [0, 0.1) is 0 Å². The summed E-state index contributed by atoms with van der Waals surface area (Å²) in [6, 6.07) is 3.48. The van der Waals surface area contributed by atoms with E-state index in [0.29, 0.717) is 4.68 Å². The molecule has 5 nitrogen and oxygen atoms in total. The van der Waals surface area contributed by atoms with Gasteiger partial charge in [0.15, 0.2) is 0 Å². The molecule has 0 amide bonds. The van der Waals surface area contributed by atoms with Gasteiger partial charge < -0.3 is 5.11 Å². The van der Waals surface area contributed by atoms with Crippen molar-refractivity contribution in [3.8, 4) is 0 Å². The van der Waals surface area contributed by atoms with Crippen molar-refractivity contribution in [2.75, 3.05) is 0 Å². The van der Waals surface area contributed by atoms with Gasteiger partial charge in [0.1, 0.15) is 12.1 Å². The fourth-order valence-electron chi connectivity index (χ4n) is 1.49. The summed E-state index contributed by atoms with van der Waals surface area (Å²) in [5.74, 6) is -5.44. The van der Waals surface area contributed by atoms with Crippen LogP contribution >= 0.6 is 0 Å². The first kappa shape index (κ1) is 13.2. The van der Waals surface area contributed by atoms with E-state index in [1.54, 1.807) is 0 Å². The maximum absolute atomic E-state index is 12.9. The summed E-state index contributed by atoms with van der Waals surface area (Å²) in [6.45, 7) is -1.33. The van der Waals surface area contributed by atoms with Gasteiger partial charge in [-0.05, 0) is 18.2 Å². The monoisotopic (exact) mass is 277 g/mol. The molecule has 0 fully saturated rings. The summed E-state index contributed by atoms with van der Waals surface area (Å²) in [7, 11) is 0. The Labute approximate surface area is 103 Å². The predicted octanol–water partition coefficient (Wildman–Crippen LogP) is 2.03. The first-order chi connectivity index (χ1) is 8.81. The number of benzene rings is 1. The van der Waals surface area contributed by atoms with Crippen LogP contribution in [0.25, 0.3) is 11.0 Å². The van der Waals surface area contributed by atoms with Gasteiger partial charge in [-0.2, -0.15) is 8.78 Å². The van der Waals surface area contributed by atoms with E-state index in [1.807, 2.05) is 0 Å². The fraction of sp³-hybridized carbons (Fsp3) is 0.300. The molecule has 0 radical (unpaired) electrons. The molecule has 0 saturated carbocycles. The normalized spacial score (nSPS) is 12.3. The number of halogens is 4. The molecule has 0 saturated heterocycles. The Morgan fingerprint density at radius 1 is 1.42 bits per heavy atom. The van der Waals surface area contributed by atoms with Crippen LogP contribution in [-0.4, -0.2) is 38.4 Å². The molecule has 1 aromatic heterocycles. The molecular formula is C10H7F4N3O2. The Kier molecular flexibility index (Phi) is 3.13. The average Bonchev–Trinajstić information content (AvgIpc) is 2.71. The maximum atomic E-state index is 12.9. The molecule has 0 aliphatic heterocycles. The maximum Gasteiger partial charge on any atom is 0.335 e. The molecule has 102 valence electrons. The van der Waals surface area contributed by atoms with Crippen molar-refractivity contribution < 1.29 is 27.5 Å². The molecular weight excluding hydrogens is 270 g/mol. The second kappa shape index (κ2) is 4.48.